The lowest BCUT2D eigenvalue weighted by Gasteiger charge is -2.36. The number of β-amino-alcohol motifs (C(OH)–C–C–N with tert-alkyl or cyclic N) is 1. The second-order valence-electron chi connectivity index (χ2n) is 5.60. The summed E-state index contributed by atoms with van der Waals surface area (Å²) in [5, 5.41) is 10.6. The molecule has 1 saturated heterocycles. The Morgan fingerprint density at radius 2 is 1.82 bits per heavy atom. The Hall–Kier alpha value is -0.860. The molecule has 1 aromatic rings. The van der Waals surface area contributed by atoms with E-state index in [4.69, 9.17) is 0 Å². The van der Waals surface area contributed by atoms with E-state index in [9.17, 15) is 5.11 Å². The second kappa shape index (κ2) is 5.19. The van der Waals surface area contributed by atoms with Crippen LogP contribution in [0.2, 0.25) is 0 Å². The van der Waals surface area contributed by atoms with Crippen LogP contribution < -0.4 is 0 Å². The SMILES string of the molecule is CC1CCN(CC(C)(O)c2ccccc2)CC1. The molecule has 94 valence electrons. The van der Waals surface area contributed by atoms with E-state index < -0.39 is 5.60 Å². The smallest absolute Gasteiger partial charge is 0.0994 e. The quantitative estimate of drug-likeness (QED) is 0.867. The number of piperidine rings is 1. The van der Waals surface area contributed by atoms with Gasteiger partial charge in [0.1, 0.15) is 0 Å². The average Bonchev–Trinajstić information content (AvgIpc) is 2.33. The maximum atomic E-state index is 10.6. The first-order chi connectivity index (χ1) is 8.08. The Labute approximate surface area is 104 Å². The van der Waals surface area contributed by atoms with Gasteiger partial charge in [0.05, 0.1) is 5.60 Å². The molecule has 0 spiro atoms. The maximum Gasteiger partial charge on any atom is 0.0994 e. The van der Waals surface area contributed by atoms with E-state index in [2.05, 4.69) is 11.8 Å². The molecule has 1 aliphatic rings. The molecule has 0 radical (unpaired) electrons. The number of benzene rings is 1. The van der Waals surface area contributed by atoms with Crippen LogP contribution in [-0.4, -0.2) is 29.6 Å². The Morgan fingerprint density at radius 1 is 1.24 bits per heavy atom. The van der Waals surface area contributed by atoms with E-state index in [1.54, 1.807) is 0 Å². The van der Waals surface area contributed by atoms with E-state index in [0.717, 1.165) is 31.1 Å². The van der Waals surface area contributed by atoms with Gasteiger partial charge in [-0.05, 0) is 44.3 Å². The average molecular weight is 233 g/mol. The largest absolute Gasteiger partial charge is 0.384 e. The van der Waals surface area contributed by atoms with E-state index in [1.807, 2.05) is 37.3 Å². The van der Waals surface area contributed by atoms with E-state index in [-0.39, 0.29) is 0 Å². The molecule has 0 saturated carbocycles. The molecule has 2 nitrogen and oxygen atoms in total. The normalized spacial score (nSPS) is 22.3. The molecule has 2 heteroatoms. The number of nitrogens with zero attached hydrogens (tertiary/aromatic N) is 1. The van der Waals surface area contributed by atoms with Crippen molar-refractivity contribution in [1.29, 1.82) is 0 Å². The van der Waals surface area contributed by atoms with Crippen molar-refractivity contribution >= 4 is 0 Å². The van der Waals surface area contributed by atoms with Crippen molar-refractivity contribution in [2.75, 3.05) is 19.6 Å². The van der Waals surface area contributed by atoms with Gasteiger partial charge in [-0.1, -0.05) is 37.3 Å². The summed E-state index contributed by atoms with van der Waals surface area (Å²) in [7, 11) is 0. The van der Waals surface area contributed by atoms with Gasteiger partial charge in [-0.15, -0.1) is 0 Å². The highest BCUT2D eigenvalue weighted by Gasteiger charge is 2.27. The molecule has 1 atom stereocenters. The third kappa shape index (κ3) is 3.30. The molecule has 0 aliphatic carbocycles. The van der Waals surface area contributed by atoms with Gasteiger partial charge in [0, 0.05) is 6.54 Å². The number of likely N-dealkylation sites (tertiary alicyclic amines) is 1. The van der Waals surface area contributed by atoms with Crippen molar-refractivity contribution in [2.45, 2.75) is 32.3 Å². The molecule has 1 N–H and O–H groups in total. The molecular formula is C15H23NO. The Kier molecular flexibility index (Phi) is 3.85. The molecule has 0 aromatic heterocycles. The number of rotatable bonds is 3. The molecule has 1 heterocycles. The van der Waals surface area contributed by atoms with E-state index in [0.29, 0.717) is 0 Å². The predicted molar refractivity (Wildman–Crippen MR) is 70.9 cm³/mol. The van der Waals surface area contributed by atoms with Crippen molar-refractivity contribution in [2.24, 2.45) is 5.92 Å². The Balaban J connectivity index is 1.98. The van der Waals surface area contributed by atoms with Crippen molar-refractivity contribution in [3.8, 4) is 0 Å². The summed E-state index contributed by atoms with van der Waals surface area (Å²) in [6.07, 6.45) is 2.51. The minimum atomic E-state index is -0.734. The van der Waals surface area contributed by atoms with Gasteiger partial charge >= 0.3 is 0 Å². The van der Waals surface area contributed by atoms with Crippen LogP contribution in [0, 0.1) is 5.92 Å². The topological polar surface area (TPSA) is 23.5 Å². The lowest BCUT2D eigenvalue weighted by Crippen LogP contribution is -2.42. The molecule has 0 bridgehead atoms. The minimum absolute atomic E-state index is 0.734. The van der Waals surface area contributed by atoms with Crippen molar-refractivity contribution in [3.05, 3.63) is 35.9 Å². The summed E-state index contributed by atoms with van der Waals surface area (Å²) < 4.78 is 0. The number of aliphatic hydroxyl groups is 1. The van der Waals surface area contributed by atoms with Crippen LogP contribution in [-0.2, 0) is 5.60 Å². The van der Waals surface area contributed by atoms with Gasteiger partial charge in [-0.2, -0.15) is 0 Å². The highest BCUT2D eigenvalue weighted by Crippen LogP contribution is 2.24. The lowest BCUT2D eigenvalue weighted by atomic mass is 9.93. The molecule has 1 unspecified atom stereocenters. The van der Waals surface area contributed by atoms with Gasteiger partial charge in [0.2, 0.25) is 0 Å². The van der Waals surface area contributed by atoms with Gasteiger partial charge in [0.25, 0.3) is 0 Å². The maximum absolute atomic E-state index is 10.6. The Morgan fingerprint density at radius 3 is 2.41 bits per heavy atom. The zero-order chi connectivity index (χ0) is 12.3. The van der Waals surface area contributed by atoms with Crippen LogP contribution >= 0.6 is 0 Å². The summed E-state index contributed by atoms with van der Waals surface area (Å²) in [5.74, 6) is 0.841. The number of hydrogen-bond acceptors (Lipinski definition) is 2. The fraction of sp³-hybridized carbons (Fsp3) is 0.600. The standard InChI is InChI=1S/C15H23NO/c1-13-8-10-16(11-9-13)12-15(2,17)14-6-4-3-5-7-14/h3-7,13,17H,8-12H2,1-2H3. The summed E-state index contributed by atoms with van der Waals surface area (Å²) in [4.78, 5) is 2.38. The fourth-order valence-corrected chi connectivity index (χ4v) is 2.54. The van der Waals surface area contributed by atoms with E-state index >= 15 is 0 Å². The molecule has 2 rings (SSSR count). The van der Waals surface area contributed by atoms with Gasteiger partial charge < -0.3 is 10.0 Å². The van der Waals surface area contributed by atoms with Crippen LogP contribution in [0.5, 0.6) is 0 Å². The van der Waals surface area contributed by atoms with Crippen molar-refractivity contribution < 1.29 is 5.11 Å². The first kappa shape index (κ1) is 12.6. The predicted octanol–water partition coefficient (Wildman–Crippen LogP) is 2.63. The highest BCUT2D eigenvalue weighted by atomic mass is 16.3. The first-order valence-electron chi connectivity index (χ1n) is 6.58. The third-order valence-corrected chi connectivity index (χ3v) is 3.80. The number of hydrogen-bond donors (Lipinski definition) is 1. The van der Waals surface area contributed by atoms with Gasteiger partial charge in [-0.25, -0.2) is 0 Å². The zero-order valence-electron chi connectivity index (χ0n) is 10.9. The monoisotopic (exact) mass is 233 g/mol. The third-order valence-electron chi connectivity index (χ3n) is 3.80. The molecule has 1 fully saturated rings. The van der Waals surface area contributed by atoms with Crippen LogP contribution in [0.25, 0.3) is 0 Å². The molecule has 1 aromatic carbocycles. The van der Waals surface area contributed by atoms with Gasteiger partial charge in [0.15, 0.2) is 0 Å². The molecular weight excluding hydrogens is 210 g/mol. The van der Waals surface area contributed by atoms with Crippen LogP contribution in [0.1, 0.15) is 32.3 Å². The van der Waals surface area contributed by atoms with Crippen molar-refractivity contribution in [1.82, 2.24) is 4.90 Å². The molecule has 0 amide bonds. The van der Waals surface area contributed by atoms with E-state index in [1.165, 1.54) is 12.8 Å². The minimum Gasteiger partial charge on any atom is -0.384 e. The zero-order valence-corrected chi connectivity index (χ0v) is 10.9. The van der Waals surface area contributed by atoms with Gasteiger partial charge in [-0.3, -0.25) is 0 Å². The summed E-state index contributed by atoms with van der Waals surface area (Å²) >= 11 is 0. The first-order valence-corrected chi connectivity index (χ1v) is 6.58. The van der Waals surface area contributed by atoms with Crippen LogP contribution in [0.3, 0.4) is 0 Å². The fourth-order valence-electron chi connectivity index (χ4n) is 2.54. The lowest BCUT2D eigenvalue weighted by molar-refractivity contribution is 0.00656. The Bertz CT molecular complexity index is 339. The van der Waals surface area contributed by atoms with Crippen LogP contribution in [0.15, 0.2) is 30.3 Å². The second-order valence-corrected chi connectivity index (χ2v) is 5.60. The molecule has 17 heavy (non-hydrogen) atoms. The summed E-state index contributed by atoms with van der Waals surface area (Å²) in [6.45, 7) is 7.20. The highest BCUT2D eigenvalue weighted by molar-refractivity contribution is 5.21. The van der Waals surface area contributed by atoms with Crippen molar-refractivity contribution in [3.63, 3.8) is 0 Å². The van der Waals surface area contributed by atoms with Crippen LogP contribution in [0.4, 0.5) is 0 Å². The molecule has 1 aliphatic heterocycles. The summed E-state index contributed by atoms with van der Waals surface area (Å²) in [5.41, 5.74) is 0.278. The summed E-state index contributed by atoms with van der Waals surface area (Å²) in [6, 6.07) is 9.98.